The maximum Gasteiger partial charge on any atom is 0.180 e. The molecular weight excluding hydrogens is 330 g/mol. The van der Waals surface area contributed by atoms with Gasteiger partial charge in [-0.25, -0.2) is 0 Å². The Hall–Kier alpha value is -1.88. The number of aryl methyl sites for hydroxylation is 1. The molecule has 1 fully saturated rings. The molecule has 0 saturated carbocycles. The molecule has 3 aromatic rings. The number of hydrogen-bond donors (Lipinski definition) is 0. The van der Waals surface area contributed by atoms with E-state index >= 15 is 0 Å². The van der Waals surface area contributed by atoms with E-state index in [1.807, 2.05) is 42.5 Å². The highest BCUT2D eigenvalue weighted by Crippen LogP contribution is 2.41. The Balaban J connectivity index is 1.47. The van der Waals surface area contributed by atoms with Crippen molar-refractivity contribution in [1.82, 2.24) is 4.90 Å². The Morgan fingerprint density at radius 3 is 2.56 bits per heavy atom. The third kappa shape index (κ3) is 3.56. The van der Waals surface area contributed by atoms with Gasteiger partial charge in [-0.1, -0.05) is 11.6 Å². The second-order valence-electron chi connectivity index (χ2n) is 6.74. The Bertz CT molecular complexity index is 863. The number of ether oxygens (including phenoxy) is 1. The molecule has 1 aliphatic rings. The maximum atomic E-state index is 12.7. The lowest BCUT2D eigenvalue weighted by atomic mass is 10.1. The van der Waals surface area contributed by atoms with Crippen molar-refractivity contribution < 1.29 is 9.29 Å². The predicted octanol–water partition coefficient (Wildman–Crippen LogP) is 5.02. The van der Waals surface area contributed by atoms with Gasteiger partial charge in [-0.3, -0.25) is 4.90 Å². The van der Waals surface area contributed by atoms with Crippen LogP contribution in [0.3, 0.4) is 0 Å². The van der Waals surface area contributed by atoms with Gasteiger partial charge in [0.25, 0.3) is 0 Å². The molecule has 0 aliphatic carbocycles. The summed E-state index contributed by atoms with van der Waals surface area (Å²) in [5.41, 5.74) is 2.19. The van der Waals surface area contributed by atoms with Gasteiger partial charge in [0, 0.05) is 23.6 Å². The lowest BCUT2D eigenvalue weighted by molar-refractivity contribution is 0.238. The third-order valence-electron chi connectivity index (χ3n) is 4.87. The molecule has 3 nitrogen and oxygen atoms in total. The van der Waals surface area contributed by atoms with Crippen LogP contribution >= 0.6 is 10.8 Å². The Labute approximate surface area is 151 Å². The summed E-state index contributed by atoms with van der Waals surface area (Å²) >= 11 is 0. The summed E-state index contributed by atoms with van der Waals surface area (Å²) in [5, 5.41) is 1.07. The zero-order chi connectivity index (χ0) is 17.2. The van der Waals surface area contributed by atoms with Gasteiger partial charge < -0.3 is 9.29 Å². The molecule has 0 bridgehead atoms. The van der Waals surface area contributed by atoms with Crippen LogP contribution in [0.5, 0.6) is 5.75 Å². The number of likely N-dealkylation sites (tertiary alicyclic amines) is 1. The van der Waals surface area contributed by atoms with Crippen LogP contribution < -0.4 is 4.74 Å². The first-order valence-corrected chi connectivity index (χ1v) is 10.1. The largest absolute Gasteiger partial charge is 0.590 e. The second-order valence-corrected chi connectivity index (χ2v) is 8.16. The molecule has 1 aliphatic heterocycles. The molecule has 4 heteroatoms. The molecule has 0 spiro atoms. The van der Waals surface area contributed by atoms with Crippen molar-refractivity contribution in [2.24, 2.45) is 0 Å². The molecule has 0 amide bonds. The Morgan fingerprint density at radius 2 is 1.80 bits per heavy atom. The van der Waals surface area contributed by atoms with Crippen LogP contribution in [0.25, 0.3) is 20.5 Å². The van der Waals surface area contributed by atoms with Gasteiger partial charge in [0.15, 0.2) is 9.58 Å². The van der Waals surface area contributed by atoms with Crippen LogP contribution in [-0.2, 0) is 0 Å². The molecule has 1 atom stereocenters. The standard InChI is InChI=1S/C21H23NO2S/c1-16-4-9-20-18(14-16)15-21(25(20)23)17-5-7-19(8-6-17)24-13-12-22-10-2-3-11-22/h4-9,14-15H,2-3,10-13H2,1H3. The number of nitrogens with zero attached hydrogens (tertiary/aromatic N) is 1. The average Bonchev–Trinajstić information content (AvgIpc) is 3.24. The normalized spacial score (nSPS) is 15.8. The molecule has 130 valence electrons. The quantitative estimate of drug-likeness (QED) is 0.604. The monoisotopic (exact) mass is 353 g/mol. The minimum absolute atomic E-state index is 0.721. The van der Waals surface area contributed by atoms with Crippen LogP contribution in [-0.4, -0.2) is 35.7 Å². The highest BCUT2D eigenvalue weighted by atomic mass is 32.2. The molecule has 0 N–H and O–H groups in total. The Morgan fingerprint density at radius 1 is 1.04 bits per heavy atom. The van der Waals surface area contributed by atoms with Crippen LogP contribution in [0, 0.1) is 6.92 Å². The smallest absolute Gasteiger partial charge is 0.180 e. The minimum atomic E-state index is -1.09. The van der Waals surface area contributed by atoms with Gasteiger partial charge in [0.2, 0.25) is 0 Å². The first kappa shape index (κ1) is 16.6. The van der Waals surface area contributed by atoms with Gasteiger partial charge in [-0.2, -0.15) is 0 Å². The van der Waals surface area contributed by atoms with Crippen LogP contribution in [0.2, 0.25) is 0 Å². The Kier molecular flexibility index (Phi) is 4.75. The van der Waals surface area contributed by atoms with Crippen molar-refractivity contribution in [3.05, 3.63) is 54.1 Å². The molecule has 1 saturated heterocycles. The number of fused-ring (bicyclic) bond motifs is 1. The highest BCUT2D eigenvalue weighted by Gasteiger charge is 2.16. The number of thiophene rings is 1. The van der Waals surface area contributed by atoms with Crippen molar-refractivity contribution in [2.45, 2.75) is 19.8 Å². The van der Waals surface area contributed by atoms with E-state index in [-0.39, 0.29) is 0 Å². The SMILES string of the molecule is Cc1ccc2c(c1)cc(-c1ccc(OCCN3CCCC3)cc1)[s+]2[O-]. The topological polar surface area (TPSA) is 35.5 Å². The van der Waals surface area contributed by atoms with Gasteiger partial charge >= 0.3 is 0 Å². The van der Waals surface area contributed by atoms with Gasteiger partial charge in [-0.15, -0.1) is 0 Å². The first-order valence-electron chi connectivity index (χ1n) is 8.90. The summed E-state index contributed by atoms with van der Waals surface area (Å²) in [7, 11) is -1.09. The van der Waals surface area contributed by atoms with Crippen LogP contribution in [0.1, 0.15) is 18.4 Å². The van der Waals surface area contributed by atoms with E-state index in [1.165, 1.54) is 31.5 Å². The lowest BCUT2D eigenvalue weighted by Crippen LogP contribution is -2.25. The van der Waals surface area contributed by atoms with Crippen LogP contribution in [0.15, 0.2) is 48.5 Å². The summed E-state index contributed by atoms with van der Waals surface area (Å²) in [6.45, 7) is 6.16. The molecular formula is C21H23NO2S. The average molecular weight is 353 g/mol. The zero-order valence-electron chi connectivity index (χ0n) is 14.5. The molecule has 2 heterocycles. The first-order chi connectivity index (χ1) is 12.2. The van der Waals surface area contributed by atoms with Gasteiger partial charge in [0.05, 0.1) is 0 Å². The summed E-state index contributed by atoms with van der Waals surface area (Å²) in [6, 6.07) is 16.1. The molecule has 1 unspecified atom stereocenters. The summed E-state index contributed by atoms with van der Waals surface area (Å²) in [6.07, 6.45) is 2.62. The lowest BCUT2D eigenvalue weighted by Gasteiger charge is -2.14. The molecule has 1 aromatic heterocycles. The van der Waals surface area contributed by atoms with Gasteiger partial charge in [0.1, 0.15) is 12.4 Å². The highest BCUT2D eigenvalue weighted by molar-refractivity contribution is 7.34. The molecule has 25 heavy (non-hydrogen) atoms. The number of hydrogen-bond acceptors (Lipinski definition) is 3. The second kappa shape index (κ2) is 7.16. The van der Waals surface area contributed by atoms with Crippen molar-refractivity contribution >= 4 is 20.8 Å². The number of rotatable bonds is 5. The minimum Gasteiger partial charge on any atom is -0.590 e. The van der Waals surface area contributed by atoms with Crippen molar-refractivity contribution in [3.63, 3.8) is 0 Å². The number of benzene rings is 2. The van der Waals surface area contributed by atoms with E-state index in [9.17, 15) is 4.55 Å². The summed E-state index contributed by atoms with van der Waals surface area (Å²) in [4.78, 5) is 3.32. The maximum absolute atomic E-state index is 12.7. The fraction of sp³-hybridized carbons (Fsp3) is 0.333. The van der Waals surface area contributed by atoms with Crippen LogP contribution in [0.4, 0.5) is 0 Å². The van der Waals surface area contributed by atoms with E-state index < -0.39 is 10.8 Å². The third-order valence-corrected chi connectivity index (χ3v) is 6.39. The van der Waals surface area contributed by atoms with E-state index in [1.54, 1.807) is 0 Å². The van der Waals surface area contributed by atoms with Crippen molar-refractivity contribution in [1.29, 1.82) is 0 Å². The van der Waals surface area contributed by atoms with Crippen molar-refractivity contribution in [3.8, 4) is 16.2 Å². The molecule has 4 rings (SSSR count). The van der Waals surface area contributed by atoms with E-state index in [0.717, 1.165) is 39.4 Å². The summed E-state index contributed by atoms with van der Waals surface area (Å²) < 4.78 is 19.5. The fourth-order valence-corrected chi connectivity index (χ4v) is 4.81. The molecule has 0 radical (unpaired) electrons. The van der Waals surface area contributed by atoms with Gasteiger partial charge in [-0.05, 0) is 80.0 Å². The van der Waals surface area contributed by atoms with E-state index in [4.69, 9.17) is 4.74 Å². The predicted molar refractivity (Wildman–Crippen MR) is 104 cm³/mol. The summed E-state index contributed by atoms with van der Waals surface area (Å²) in [5.74, 6) is 0.876. The zero-order valence-corrected chi connectivity index (χ0v) is 15.3. The molecule has 2 aromatic carbocycles. The van der Waals surface area contributed by atoms with Crippen molar-refractivity contribution in [2.75, 3.05) is 26.2 Å². The fourth-order valence-electron chi connectivity index (χ4n) is 3.47. The van der Waals surface area contributed by atoms with E-state index in [0.29, 0.717) is 0 Å². The van der Waals surface area contributed by atoms with E-state index in [2.05, 4.69) is 17.9 Å².